The number of rotatable bonds is 7. The van der Waals surface area contributed by atoms with Crippen LogP contribution in [0.2, 0.25) is 0 Å². The number of hydrogen-bond donors (Lipinski definition) is 1. The van der Waals surface area contributed by atoms with Gasteiger partial charge < -0.3 is 5.32 Å². The lowest BCUT2D eigenvalue weighted by atomic mass is 10.0. The number of amides is 1. The van der Waals surface area contributed by atoms with E-state index in [1.54, 1.807) is 31.2 Å². The van der Waals surface area contributed by atoms with Crippen LogP contribution >= 0.6 is 11.8 Å². The molecular formula is C26H22N4O2S. The van der Waals surface area contributed by atoms with Gasteiger partial charge in [-0.15, -0.1) is 10.2 Å². The first kappa shape index (κ1) is 22.4. The molecule has 0 aliphatic carbocycles. The molecular weight excluding hydrogens is 432 g/mol. The minimum Gasteiger partial charge on any atom is -0.325 e. The van der Waals surface area contributed by atoms with Crippen LogP contribution in [-0.2, 0) is 4.79 Å². The number of nitrogens with one attached hydrogen (secondary N) is 1. The number of carbonyl (C=O) groups excluding carboxylic acids is 2. The molecule has 0 fully saturated rings. The van der Waals surface area contributed by atoms with E-state index >= 15 is 0 Å². The number of hydrogen-bond acceptors (Lipinski definition) is 6. The van der Waals surface area contributed by atoms with E-state index in [2.05, 4.69) is 15.5 Å². The minimum absolute atomic E-state index is 0.0189. The van der Waals surface area contributed by atoms with Crippen LogP contribution in [0.1, 0.15) is 24.2 Å². The average Bonchev–Trinajstić information content (AvgIpc) is 2.85. The van der Waals surface area contributed by atoms with Crippen LogP contribution in [-0.4, -0.2) is 32.1 Å². The summed E-state index contributed by atoms with van der Waals surface area (Å²) in [4.78, 5) is 28.9. The minimum atomic E-state index is -0.453. The molecule has 1 heterocycles. The zero-order valence-electron chi connectivity index (χ0n) is 18.2. The number of ketones is 1. The number of anilines is 1. The van der Waals surface area contributed by atoms with Crippen molar-refractivity contribution in [3.63, 3.8) is 0 Å². The molecule has 4 aromatic rings. The predicted molar refractivity (Wildman–Crippen MR) is 131 cm³/mol. The maximum absolute atomic E-state index is 12.7. The van der Waals surface area contributed by atoms with Crippen LogP contribution in [0.3, 0.4) is 0 Å². The highest BCUT2D eigenvalue weighted by atomic mass is 32.2. The van der Waals surface area contributed by atoms with E-state index in [0.717, 1.165) is 11.1 Å². The van der Waals surface area contributed by atoms with Gasteiger partial charge in [-0.05, 0) is 38.1 Å². The SMILES string of the molecule is CC(=O)c1ccc(NC(=O)[C@@H](C)Sc2nnc(-c3ccccc3)c(-c3ccccc3)n2)cc1. The van der Waals surface area contributed by atoms with Crippen molar-refractivity contribution in [1.29, 1.82) is 0 Å². The van der Waals surface area contributed by atoms with Crippen LogP contribution in [0.25, 0.3) is 22.5 Å². The molecule has 33 heavy (non-hydrogen) atoms. The lowest BCUT2D eigenvalue weighted by Gasteiger charge is -2.13. The summed E-state index contributed by atoms with van der Waals surface area (Å²) in [6, 6.07) is 26.4. The summed E-state index contributed by atoms with van der Waals surface area (Å²) >= 11 is 1.24. The summed E-state index contributed by atoms with van der Waals surface area (Å²) < 4.78 is 0. The van der Waals surface area contributed by atoms with Gasteiger partial charge in [0.15, 0.2) is 5.78 Å². The van der Waals surface area contributed by atoms with Crippen molar-refractivity contribution in [2.24, 2.45) is 0 Å². The average molecular weight is 455 g/mol. The molecule has 1 N–H and O–H groups in total. The standard InChI is InChI=1S/C26H22N4O2S/c1-17(31)19-13-15-22(16-14-19)27-25(32)18(2)33-26-28-23(20-9-5-3-6-10-20)24(29-30-26)21-11-7-4-8-12-21/h3-16,18H,1-2H3,(H,27,32)/t18-/m1/s1. The Morgan fingerprint density at radius 1 is 0.788 bits per heavy atom. The number of carbonyl (C=O) groups is 2. The second-order valence-electron chi connectivity index (χ2n) is 7.41. The van der Waals surface area contributed by atoms with Crippen LogP contribution in [0.15, 0.2) is 90.1 Å². The van der Waals surface area contributed by atoms with E-state index in [4.69, 9.17) is 4.98 Å². The maximum Gasteiger partial charge on any atom is 0.237 e. The molecule has 1 amide bonds. The normalized spacial score (nSPS) is 11.6. The Hall–Kier alpha value is -3.84. The van der Waals surface area contributed by atoms with Crippen LogP contribution in [0.5, 0.6) is 0 Å². The maximum atomic E-state index is 12.7. The fraction of sp³-hybridized carbons (Fsp3) is 0.115. The molecule has 0 saturated heterocycles. The van der Waals surface area contributed by atoms with Crippen molar-refractivity contribution >= 4 is 29.1 Å². The summed E-state index contributed by atoms with van der Waals surface area (Å²) in [6.07, 6.45) is 0. The van der Waals surface area contributed by atoms with E-state index in [1.165, 1.54) is 18.7 Å². The summed E-state index contributed by atoms with van der Waals surface area (Å²) in [5, 5.41) is 11.6. The van der Waals surface area contributed by atoms with E-state index in [0.29, 0.717) is 27.8 Å². The zero-order chi connectivity index (χ0) is 23.2. The molecule has 4 rings (SSSR count). The van der Waals surface area contributed by atoms with Gasteiger partial charge in [0.1, 0.15) is 11.4 Å². The quantitative estimate of drug-likeness (QED) is 0.292. The third-order valence-electron chi connectivity index (χ3n) is 4.97. The van der Waals surface area contributed by atoms with Gasteiger partial charge in [-0.25, -0.2) is 4.98 Å². The van der Waals surface area contributed by atoms with Gasteiger partial charge in [0.2, 0.25) is 11.1 Å². The van der Waals surface area contributed by atoms with Crippen molar-refractivity contribution in [2.45, 2.75) is 24.3 Å². The zero-order valence-corrected chi connectivity index (χ0v) is 19.0. The molecule has 0 aliphatic heterocycles. The lowest BCUT2D eigenvalue weighted by molar-refractivity contribution is -0.115. The molecule has 164 valence electrons. The second-order valence-corrected chi connectivity index (χ2v) is 8.71. The van der Waals surface area contributed by atoms with Crippen LogP contribution in [0.4, 0.5) is 5.69 Å². The Labute approximate surface area is 196 Å². The molecule has 0 radical (unpaired) electrons. The highest BCUT2D eigenvalue weighted by Crippen LogP contribution is 2.30. The van der Waals surface area contributed by atoms with E-state index in [9.17, 15) is 9.59 Å². The highest BCUT2D eigenvalue weighted by molar-refractivity contribution is 8.00. The number of Topliss-reactive ketones (excluding diaryl/α,β-unsaturated/α-hetero) is 1. The number of thioether (sulfide) groups is 1. The molecule has 6 nitrogen and oxygen atoms in total. The van der Waals surface area contributed by atoms with Crippen molar-refractivity contribution in [1.82, 2.24) is 15.2 Å². The fourth-order valence-electron chi connectivity index (χ4n) is 3.19. The number of benzene rings is 3. The van der Waals surface area contributed by atoms with Gasteiger partial charge in [0, 0.05) is 22.4 Å². The van der Waals surface area contributed by atoms with Crippen molar-refractivity contribution in [3.8, 4) is 22.5 Å². The van der Waals surface area contributed by atoms with Crippen molar-refractivity contribution < 1.29 is 9.59 Å². The third-order valence-corrected chi connectivity index (χ3v) is 5.92. The van der Waals surface area contributed by atoms with E-state index < -0.39 is 5.25 Å². The molecule has 0 aliphatic rings. The van der Waals surface area contributed by atoms with Gasteiger partial charge in [-0.2, -0.15) is 0 Å². The summed E-state index contributed by atoms with van der Waals surface area (Å²) in [5.41, 5.74) is 4.48. The Balaban J connectivity index is 1.55. The van der Waals surface area contributed by atoms with Crippen LogP contribution < -0.4 is 5.32 Å². The van der Waals surface area contributed by atoms with Crippen LogP contribution in [0, 0.1) is 0 Å². The Morgan fingerprint density at radius 2 is 1.36 bits per heavy atom. The second kappa shape index (κ2) is 10.2. The summed E-state index contributed by atoms with van der Waals surface area (Å²) in [6.45, 7) is 3.30. The molecule has 3 aromatic carbocycles. The molecule has 1 atom stereocenters. The Kier molecular flexibility index (Phi) is 6.90. The van der Waals surface area contributed by atoms with Gasteiger partial charge in [0.05, 0.1) is 5.25 Å². The van der Waals surface area contributed by atoms with Gasteiger partial charge in [-0.1, -0.05) is 72.4 Å². The van der Waals surface area contributed by atoms with Gasteiger partial charge in [0.25, 0.3) is 0 Å². The first-order chi connectivity index (χ1) is 16.0. The van der Waals surface area contributed by atoms with Crippen molar-refractivity contribution in [3.05, 3.63) is 90.5 Å². The molecule has 0 spiro atoms. The summed E-state index contributed by atoms with van der Waals surface area (Å²) in [7, 11) is 0. The van der Waals surface area contributed by atoms with E-state index in [1.807, 2.05) is 60.7 Å². The molecule has 0 saturated carbocycles. The fourth-order valence-corrected chi connectivity index (χ4v) is 3.91. The van der Waals surface area contributed by atoms with Gasteiger partial charge >= 0.3 is 0 Å². The lowest BCUT2D eigenvalue weighted by Crippen LogP contribution is -2.22. The topological polar surface area (TPSA) is 84.8 Å². The highest BCUT2D eigenvalue weighted by Gasteiger charge is 2.19. The third kappa shape index (κ3) is 5.51. The molecule has 7 heteroatoms. The van der Waals surface area contributed by atoms with Gasteiger partial charge in [-0.3, -0.25) is 9.59 Å². The first-order valence-corrected chi connectivity index (χ1v) is 11.3. The molecule has 0 bridgehead atoms. The summed E-state index contributed by atoms with van der Waals surface area (Å²) in [5.74, 6) is -0.206. The number of nitrogens with zero attached hydrogens (tertiary/aromatic N) is 3. The van der Waals surface area contributed by atoms with E-state index in [-0.39, 0.29) is 11.7 Å². The largest absolute Gasteiger partial charge is 0.325 e. The Morgan fingerprint density at radius 3 is 1.94 bits per heavy atom. The predicted octanol–water partition coefficient (Wildman–Crippen LogP) is 5.53. The Bertz CT molecular complexity index is 1260. The monoisotopic (exact) mass is 454 g/mol. The van der Waals surface area contributed by atoms with Crippen molar-refractivity contribution in [2.75, 3.05) is 5.32 Å². The smallest absolute Gasteiger partial charge is 0.237 e. The molecule has 1 aromatic heterocycles. The first-order valence-electron chi connectivity index (χ1n) is 10.5. The number of aromatic nitrogens is 3. The molecule has 0 unspecified atom stereocenters.